The number of unbranched alkanes of at least 4 members (excludes halogenated alkanes) is 2. The highest BCUT2D eigenvalue weighted by molar-refractivity contribution is 6.00. The summed E-state index contributed by atoms with van der Waals surface area (Å²) in [7, 11) is 1.32. The number of rotatable bonds is 7. The van der Waals surface area contributed by atoms with Crippen molar-refractivity contribution in [2.75, 3.05) is 25.1 Å². The van der Waals surface area contributed by atoms with E-state index in [-0.39, 0.29) is 24.2 Å². The Kier molecular flexibility index (Phi) is 6.35. The van der Waals surface area contributed by atoms with E-state index in [9.17, 15) is 14.4 Å². The molecule has 1 saturated heterocycles. The second-order valence-electron chi connectivity index (χ2n) is 5.94. The molecule has 0 aromatic heterocycles. The lowest BCUT2D eigenvalue weighted by molar-refractivity contribution is -0.126. The van der Waals surface area contributed by atoms with Gasteiger partial charge in [-0.15, -0.1) is 0 Å². The molecule has 6 heteroatoms. The maximum absolute atomic E-state index is 12.2. The highest BCUT2D eigenvalue weighted by atomic mass is 16.5. The lowest BCUT2D eigenvalue weighted by Crippen LogP contribution is -2.33. The number of esters is 1. The number of methoxy groups -OCH3 is 1. The van der Waals surface area contributed by atoms with Crippen molar-refractivity contribution in [1.29, 1.82) is 0 Å². The standard InChI is InChI=1S/C18H24N2O4/c1-3-4-5-10-19-17(22)14-11-16(21)20(12-14)15-8-6-13(7-9-15)18(23)24-2/h6-9,14H,3-5,10-12H2,1-2H3,(H,19,22). The Hall–Kier alpha value is -2.37. The van der Waals surface area contributed by atoms with Crippen LogP contribution in [0.4, 0.5) is 5.69 Å². The van der Waals surface area contributed by atoms with E-state index in [1.54, 1.807) is 29.2 Å². The molecule has 1 fully saturated rings. The van der Waals surface area contributed by atoms with Crippen LogP contribution in [0.5, 0.6) is 0 Å². The Morgan fingerprint density at radius 3 is 2.58 bits per heavy atom. The molecule has 24 heavy (non-hydrogen) atoms. The van der Waals surface area contributed by atoms with Gasteiger partial charge in [0.15, 0.2) is 0 Å². The van der Waals surface area contributed by atoms with Crippen LogP contribution in [-0.2, 0) is 14.3 Å². The van der Waals surface area contributed by atoms with Crippen LogP contribution in [0.1, 0.15) is 43.0 Å². The van der Waals surface area contributed by atoms with Gasteiger partial charge in [-0.25, -0.2) is 4.79 Å². The third kappa shape index (κ3) is 4.34. The molecule has 0 saturated carbocycles. The average molecular weight is 332 g/mol. The maximum atomic E-state index is 12.2. The van der Waals surface area contributed by atoms with Gasteiger partial charge in [-0.1, -0.05) is 19.8 Å². The van der Waals surface area contributed by atoms with E-state index in [4.69, 9.17) is 0 Å². The van der Waals surface area contributed by atoms with Gasteiger partial charge >= 0.3 is 5.97 Å². The number of carbonyl (C=O) groups is 3. The number of carbonyl (C=O) groups excluding carboxylic acids is 3. The van der Waals surface area contributed by atoms with Crippen molar-refractivity contribution in [1.82, 2.24) is 5.32 Å². The van der Waals surface area contributed by atoms with Gasteiger partial charge in [0.1, 0.15) is 0 Å². The summed E-state index contributed by atoms with van der Waals surface area (Å²) < 4.78 is 4.65. The van der Waals surface area contributed by atoms with Crippen molar-refractivity contribution in [3.63, 3.8) is 0 Å². The van der Waals surface area contributed by atoms with Gasteiger partial charge in [0.25, 0.3) is 0 Å². The molecule has 0 spiro atoms. The summed E-state index contributed by atoms with van der Waals surface area (Å²) in [6, 6.07) is 6.64. The number of hydrogen-bond donors (Lipinski definition) is 1. The molecule has 1 aromatic rings. The largest absolute Gasteiger partial charge is 0.465 e. The summed E-state index contributed by atoms with van der Waals surface area (Å²) in [6.07, 6.45) is 3.37. The smallest absolute Gasteiger partial charge is 0.337 e. The zero-order valence-electron chi connectivity index (χ0n) is 14.2. The molecule has 2 amide bonds. The van der Waals surface area contributed by atoms with Gasteiger partial charge in [0.05, 0.1) is 18.6 Å². The second-order valence-corrected chi connectivity index (χ2v) is 5.94. The zero-order valence-corrected chi connectivity index (χ0v) is 14.2. The summed E-state index contributed by atoms with van der Waals surface area (Å²) in [4.78, 5) is 37.4. The highest BCUT2D eigenvalue weighted by Gasteiger charge is 2.34. The lowest BCUT2D eigenvalue weighted by Gasteiger charge is -2.17. The molecule has 1 heterocycles. The van der Waals surface area contributed by atoms with Crippen molar-refractivity contribution in [3.05, 3.63) is 29.8 Å². The molecule has 1 aliphatic heterocycles. The monoisotopic (exact) mass is 332 g/mol. The number of nitrogens with zero attached hydrogens (tertiary/aromatic N) is 1. The minimum absolute atomic E-state index is 0.0619. The molecule has 0 radical (unpaired) electrons. The topological polar surface area (TPSA) is 75.7 Å². The Morgan fingerprint density at radius 2 is 1.96 bits per heavy atom. The lowest BCUT2D eigenvalue weighted by atomic mass is 10.1. The summed E-state index contributed by atoms with van der Waals surface area (Å²) in [5.74, 6) is -0.874. The van der Waals surface area contributed by atoms with E-state index >= 15 is 0 Å². The fourth-order valence-electron chi connectivity index (χ4n) is 2.76. The number of hydrogen-bond acceptors (Lipinski definition) is 4. The number of amides is 2. The molecule has 1 aliphatic rings. The fourth-order valence-corrected chi connectivity index (χ4v) is 2.76. The molecule has 6 nitrogen and oxygen atoms in total. The highest BCUT2D eigenvalue weighted by Crippen LogP contribution is 2.25. The first-order valence-corrected chi connectivity index (χ1v) is 8.33. The maximum Gasteiger partial charge on any atom is 0.337 e. The summed E-state index contributed by atoms with van der Waals surface area (Å²) >= 11 is 0. The molecule has 2 rings (SSSR count). The molecular weight excluding hydrogens is 308 g/mol. The van der Waals surface area contributed by atoms with Gasteiger partial charge in [0, 0.05) is 25.2 Å². The van der Waals surface area contributed by atoms with Crippen LogP contribution < -0.4 is 10.2 Å². The number of nitrogens with one attached hydrogen (secondary N) is 1. The predicted molar refractivity (Wildman–Crippen MR) is 90.8 cm³/mol. The number of anilines is 1. The first-order chi connectivity index (χ1) is 11.6. The fraction of sp³-hybridized carbons (Fsp3) is 0.500. The minimum atomic E-state index is -0.418. The van der Waals surface area contributed by atoms with Crippen molar-refractivity contribution in [2.45, 2.75) is 32.6 Å². The summed E-state index contributed by atoms with van der Waals surface area (Å²) in [6.45, 7) is 3.14. The van der Waals surface area contributed by atoms with Crippen LogP contribution in [0.2, 0.25) is 0 Å². The number of benzene rings is 1. The summed E-state index contributed by atoms with van der Waals surface area (Å²) in [5.41, 5.74) is 1.12. The van der Waals surface area contributed by atoms with Crippen molar-refractivity contribution >= 4 is 23.5 Å². The minimum Gasteiger partial charge on any atom is -0.465 e. The third-order valence-corrected chi connectivity index (χ3v) is 4.18. The van der Waals surface area contributed by atoms with Crippen molar-refractivity contribution < 1.29 is 19.1 Å². The molecule has 0 bridgehead atoms. The normalized spacial score (nSPS) is 17.0. The molecule has 1 unspecified atom stereocenters. The van der Waals surface area contributed by atoms with Crippen LogP contribution in [-0.4, -0.2) is 38.0 Å². The second kappa shape index (κ2) is 8.47. The SMILES string of the molecule is CCCCCNC(=O)C1CC(=O)N(c2ccc(C(=O)OC)cc2)C1. The van der Waals surface area contributed by atoms with Crippen LogP contribution in [0.25, 0.3) is 0 Å². The van der Waals surface area contributed by atoms with Crippen LogP contribution in [0.15, 0.2) is 24.3 Å². The quantitative estimate of drug-likeness (QED) is 0.613. The van der Waals surface area contributed by atoms with E-state index in [2.05, 4.69) is 17.0 Å². The Balaban J connectivity index is 1.94. The Labute approximate surface area is 142 Å². The van der Waals surface area contributed by atoms with Crippen LogP contribution in [0, 0.1) is 5.92 Å². The van der Waals surface area contributed by atoms with E-state index in [0.717, 1.165) is 19.3 Å². The van der Waals surface area contributed by atoms with Crippen molar-refractivity contribution in [2.24, 2.45) is 5.92 Å². The molecular formula is C18H24N2O4. The van der Waals surface area contributed by atoms with E-state index < -0.39 is 5.97 Å². The third-order valence-electron chi connectivity index (χ3n) is 4.18. The first-order valence-electron chi connectivity index (χ1n) is 8.33. The molecule has 1 aromatic carbocycles. The van der Waals surface area contributed by atoms with Crippen LogP contribution in [0.3, 0.4) is 0 Å². The average Bonchev–Trinajstić information content (AvgIpc) is 3.00. The first kappa shape index (κ1) is 18.0. The van der Waals surface area contributed by atoms with Gasteiger partial charge in [-0.2, -0.15) is 0 Å². The van der Waals surface area contributed by atoms with Gasteiger partial charge in [-0.3, -0.25) is 9.59 Å². The van der Waals surface area contributed by atoms with E-state index in [1.807, 2.05) is 0 Å². The molecule has 1 N–H and O–H groups in total. The zero-order chi connectivity index (χ0) is 17.5. The van der Waals surface area contributed by atoms with Crippen LogP contribution >= 0.6 is 0 Å². The Bertz CT molecular complexity index is 598. The molecule has 0 aliphatic carbocycles. The van der Waals surface area contributed by atoms with Gasteiger partial charge < -0.3 is 15.0 Å². The van der Waals surface area contributed by atoms with Gasteiger partial charge in [-0.05, 0) is 30.7 Å². The van der Waals surface area contributed by atoms with Gasteiger partial charge in [0.2, 0.25) is 11.8 Å². The molecule has 130 valence electrons. The van der Waals surface area contributed by atoms with E-state index in [1.165, 1.54) is 7.11 Å². The van der Waals surface area contributed by atoms with Crippen molar-refractivity contribution in [3.8, 4) is 0 Å². The van der Waals surface area contributed by atoms with E-state index in [0.29, 0.717) is 24.3 Å². The number of ether oxygens (including phenoxy) is 1. The molecule has 1 atom stereocenters. The predicted octanol–water partition coefficient (Wildman–Crippen LogP) is 2.13. The summed E-state index contributed by atoms with van der Waals surface area (Å²) in [5, 5.41) is 2.90. The Morgan fingerprint density at radius 1 is 1.25 bits per heavy atom.